The molecular weight excluding hydrogens is 258 g/mol. The molecular formula is C15H23NO2S. The fourth-order valence-electron chi connectivity index (χ4n) is 2.94. The van der Waals surface area contributed by atoms with Crippen LogP contribution < -0.4 is 0 Å². The number of hydrogen-bond acceptors (Lipinski definition) is 2. The number of hydrogen-bond donors (Lipinski definition) is 0. The van der Waals surface area contributed by atoms with Crippen LogP contribution in [-0.4, -0.2) is 30.6 Å². The second kappa shape index (κ2) is 6.06. The summed E-state index contributed by atoms with van der Waals surface area (Å²) in [5.41, 5.74) is 1.09. The average molecular weight is 281 g/mol. The first-order chi connectivity index (χ1) is 9.00. The standard InChI is InChI=1S/C15H23NO2S/c1-13-7-6-8-14(2)16(13)19(17,18)12-11-15-9-4-3-5-10-15/h3-5,9-10,13-14H,6-8,11-12H2,1-2H3. The monoisotopic (exact) mass is 281 g/mol. The second-order valence-electron chi connectivity index (χ2n) is 5.51. The molecule has 0 amide bonds. The third kappa shape index (κ3) is 3.57. The third-order valence-electron chi connectivity index (χ3n) is 3.93. The molecule has 1 aromatic carbocycles. The minimum atomic E-state index is -3.15. The summed E-state index contributed by atoms with van der Waals surface area (Å²) in [6.07, 6.45) is 3.69. The molecule has 0 bridgehead atoms. The largest absolute Gasteiger partial charge is 0.214 e. The molecule has 0 spiro atoms. The normalized spacial score (nSPS) is 25.4. The summed E-state index contributed by atoms with van der Waals surface area (Å²) in [5.74, 6) is 0.214. The molecule has 2 atom stereocenters. The van der Waals surface area contributed by atoms with Gasteiger partial charge in [0, 0.05) is 12.1 Å². The summed E-state index contributed by atoms with van der Waals surface area (Å²) in [4.78, 5) is 0. The molecule has 1 saturated heterocycles. The van der Waals surface area contributed by atoms with Gasteiger partial charge in [-0.25, -0.2) is 8.42 Å². The van der Waals surface area contributed by atoms with Crippen molar-refractivity contribution in [2.75, 3.05) is 5.75 Å². The SMILES string of the molecule is CC1CCCC(C)N1S(=O)(=O)CCc1ccccc1. The molecule has 1 aliphatic heterocycles. The van der Waals surface area contributed by atoms with Crippen LogP contribution >= 0.6 is 0 Å². The van der Waals surface area contributed by atoms with Gasteiger partial charge in [-0.1, -0.05) is 36.8 Å². The topological polar surface area (TPSA) is 37.4 Å². The lowest BCUT2D eigenvalue weighted by atomic mass is 10.0. The van der Waals surface area contributed by atoms with Crippen LogP contribution in [0.3, 0.4) is 0 Å². The van der Waals surface area contributed by atoms with E-state index in [0.717, 1.165) is 24.8 Å². The van der Waals surface area contributed by atoms with Crippen LogP contribution in [0.25, 0.3) is 0 Å². The molecule has 4 heteroatoms. The first kappa shape index (κ1) is 14.5. The van der Waals surface area contributed by atoms with E-state index in [0.29, 0.717) is 6.42 Å². The lowest BCUT2D eigenvalue weighted by molar-refractivity contribution is 0.204. The van der Waals surface area contributed by atoms with Crippen LogP contribution in [0.2, 0.25) is 0 Å². The van der Waals surface area contributed by atoms with E-state index in [1.165, 1.54) is 0 Å². The Morgan fingerprint density at radius 3 is 2.26 bits per heavy atom. The minimum Gasteiger partial charge on any atom is -0.212 e. The fourth-order valence-corrected chi connectivity index (χ4v) is 4.95. The number of benzene rings is 1. The summed E-state index contributed by atoms with van der Waals surface area (Å²) < 4.78 is 26.7. The predicted molar refractivity (Wildman–Crippen MR) is 78.5 cm³/mol. The van der Waals surface area contributed by atoms with Gasteiger partial charge in [-0.3, -0.25) is 0 Å². The van der Waals surface area contributed by atoms with E-state index in [1.54, 1.807) is 4.31 Å². The van der Waals surface area contributed by atoms with Gasteiger partial charge in [-0.05, 0) is 38.7 Å². The van der Waals surface area contributed by atoms with Gasteiger partial charge in [0.1, 0.15) is 0 Å². The lowest BCUT2D eigenvalue weighted by Gasteiger charge is -2.37. The Morgan fingerprint density at radius 2 is 1.68 bits per heavy atom. The zero-order valence-corrected chi connectivity index (χ0v) is 12.6. The molecule has 19 heavy (non-hydrogen) atoms. The molecule has 1 heterocycles. The maximum atomic E-state index is 12.5. The lowest BCUT2D eigenvalue weighted by Crippen LogP contribution is -2.48. The highest BCUT2D eigenvalue weighted by Crippen LogP contribution is 2.26. The first-order valence-corrected chi connectivity index (χ1v) is 8.67. The van der Waals surface area contributed by atoms with Gasteiger partial charge < -0.3 is 0 Å². The maximum Gasteiger partial charge on any atom is 0.214 e. The van der Waals surface area contributed by atoms with Crippen LogP contribution in [0, 0.1) is 0 Å². The number of rotatable bonds is 4. The Balaban J connectivity index is 2.05. The van der Waals surface area contributed by atoms with E-state index in [2.05, 4.69) is 0 Å². The van der Waals surface area contributed by atoms with Crippen LogP contribution in [-0.2, 0) is 16.4 Å². The molecule has 0 N–H and O–H groups in total. The van der Waals surface area contributed by atoms with Gasteiger partial charge in [0.15, 0.2) is 0 Å². The van der Waals surface area contributed by atoms with Gasteiger partial charge in [-0.2, -0.15) is 4.31 Å². The van der Waals surface area contributed by atoms with Crippen molar-refractivity contribution in [3.63, 3.8) is 0 Å². The summed E-state index contributed by atoms with van der Waals surface area (Å²) in [7, 11) is -3.15. The van der Waals surface area contributed by atoms with Crippen molar-refractivity contribution in [3.8, 4) is 0 Å². The van der Waals surface area contributed by atoms with Crippen LogP contribution in [0.5, 0.6) is 0 Å². The summed E-state index contributed by atoms with van der Waals surface area (Å²) in [6.45, 7) is 4.05. The van der Waals surface area contributed by atoms with E-state index in [4.69, 9.17) is 0 Å². The zero-order chi connectivity index (χ0) is 13.9. The number of sulfonamides is 1. The van der Waals surface area contributed by atoms with E-state index < -0.39 is 10.0 Å². The smallest absolute Gasteiger partial charge is 0.212 e. The van der Waals surface area contributed by atoms with E-state index in [1.807, 2.05) is 44.2 Å². The molecule has 0 aromatic heterocycles. The number of aryl methyl sites for hydroxylation is 1. The molecule has 3 nitrogen and oxygen atoms in total. The quantitative estimate of drug-likeness (QED) is 0.851. The Kier molecular flexibility index (Phi) is 4.63. The Labute approximate surface area is 116 Å². The third-order valence-corrected chi connectivity index (χ3v) is 6.01. The van der Waals surface area contributed by atoms with E-state index in [9.17, 15) is 8.42 Å². The molecule has 0 aliphatic carbocycles. The summed E-state index contributed by atoms with van der Waals surface area (Å²) in [5, 5.41) is 0. The number of nitrogens with zero attached hydrogens (tertiary/aromatic N) is 1. The maximum absolute atomic E-state index is 12.5. The average Bonchev–Trinajstić information content (AvgIpc) is 2.37. The van der Waals surface area contributed by atoms with Crippen molar-refractivity contribution in [3.05, 3.63) is 35.9 Å². The van der Waals surface area contributed by atoms with Crippen molar-refractivity contribution in [1.29, 1.82) is 0 Å². The number of piperidine rings is 1. The van der Waals surface area contributed by atoms with Gasteiger partial charge in [0.2, 0.25) is 10.0 Å². The molecule has 0 radical (unpaired) electrons. The van der Waals surface area contributed by atoms with Crippen LogP contribution in [0.4, 0.5) is 0 Å². The van der Waals surface area contributed by atoms with Crippen molar-refractivity contribution in [2.45, 2.75) is 51.6 Å². The molecule has 1 fully saturated rings. The highest BCUT2D eigenvalue weighted by Gasteiger charge is 2.33. The van der Waals surface area contributed by atoms with Gasteiger partial charge >= 0.3 is 0 Å². The molecule has 106 valence electrons. The molecule has 2 unspecified atom stereocenters. The van der Waals surface area contributed by atoms with Crippen molar-refractivity contribution in [1.82, 2.24) is 4.31 Å². The first-order valence-electron chi connectivity index (χ1n) is 7.06. The van der Waals surface area contributed by atoms with Crippen LogP contribution in [0.15, 0.2) is 30.3 Å². The van der Waals surface area contributed by atoms with Gasteiger partial charge in [0.25, 0.3) is 0 Å². The summed E-state index contributed by atoms with van der Waals surface area (Å²) >= 11 is 0. The predicted octanol–water partition coefficient (Wildman–Crippen LogP) is 2.82. The second-order valence-corrected chi connectivity index (χ2v) is 7.50. The molecule has 1 aliphatic rings. The highest BCUT2D eigenvalue weighted by molar-refractivity contribution is 7.89. The zero-order valence-electron chi connectivity index (χ0n) is 11.7. The minimum absolute atomic E-state index is 0.143. The Hall–Kier alpha value is -0.870. The van der Waals surface area contributed by atoms with Gasteiger partial charge in [-0.15, -0.1) is 0 Å². The van der Waals surface area contributed by atoms with Crippen molar-refractivity contribution < 1.29 is 8.42 Å². The highest BCUT2D eigenvalue weighted by atomic mass is 32.2. The van der Waals surface area contributed by atoms with E-state index >= 15 is 0 Å². The van der Waals surface area contributed by atoms with E-state index in [-0.39, 0.29) is 17.8 Å². The summed E-state index contributed by atoms with van der Waals surface area (Å²) in [6, 6.07) is 10.1. The molecule has 0 saturated carbocycles. The van der Waals surface area contributed by atoms with Crippen molar-refractivity contribution in [2.24, 2.45) is 0 Å². The van der Waals surface area contributed by atoms with Crippen LogP contribution in [0.1, 0.15) is 38.7 Å². The van der Waals surface area contributed by atoms with Crippen molar-refractivity contribution >= 4 is 10.0 Å². The fraction of sp³-hybridized carbons (Fsp3) is 0.600. The Morgan fingerprint density at radius 1 is 1.11 bits per heavy atom. The molecule has 1 aromatic rings. The molecule has 2 rings (SSSR count). The van der Waals surface area contributed by atoms with Gasteiger partial charge in [0.05, 0.1) is 5.75 Å². The Bertz CT molecular complexity index is 488.